The second-order valence-corrected chi connectivity index (χ2v) is 7.20. The molecule has 0 saturated heterocycles. The van der Waals surface area contributed by atoms with Crippen molar-refractivity contribution in [1.29, 1.82) is 0 Å². The van der Waals surface area contributed by atoms with Gasteiger partial charge in [-0.05, 0) is 11.6 Å². The van der Waals surface area contributed by atoms with Gasteiger partial charge in [0.1, 0.15) is 5.01 Å². The molecule has 30 heavy (non-hydrogen) atoms. The molecular formula is C19H17N4NaO5S. The van der Waals surface area contributed by atoms with Gasteiger partial charge in [0.15, 0.2) is 11.8 Å². The van der Waals surface area contributed by atoms with E-state index in [4.69, 9.17) is 0 Å². The predicted octanol–water partition coefficient (Wildman–Crippen LogP) is -2.78. The molecule has 1 unspecified atom stereocenters. The molecule has 3 amide bonds. The first-order chi connectivity index (χ1) is 13.8. The van der Waals surface area contributed by atoms with Crippen molar-refractivity contribution in [2.24, 2.45) is 0 Å². The largest absolute Gasteiger partial charge is 1.00 e. The number of urea groups is 1. The monoisotopic (exact) mass is 436 g/mol. The molecule has 9 nitrogen and oxygen atoms in total. The Kier molecular flexibility index (Phi) is 8.30. The Morgan fingerprint density at radius 3 is 2.77 bits per heavy atom. The summed E-state index contributed by atoms with van der Waals surface area (Å²) in [5.74, 6) is -2.51. The maximum absolute atomic E-state index is 12.4. The summed E-state index contributed by atoms with van der Waals surface area (Å²) in [6.45, 7) is 0. The number of carboxylic acid groups (broad SMARTS) is 1. The van der Waals surface area contributed by atoms with E-state index >= 15 is 0 Å². The minimum absolute atomic E-state index is 0. The van der Waals surface area contributed by atoms with E-state index in [1.165, 1.54) is 35.6 Å². The van der Waals surface area contributed by atoms with Crippen LogP contribution in [0.2, 0.25) is 0 Å². The van der Waals surface area contributed by atoms with Crippen LogP contribution >= 0.6 is 11.3 Å². The Bertz CT molecular complexity index is 979. The predicted molar refractivity (Wildman–Crippen MR) is 102 cm³/mol. The number of likely N-dealkylation sites (N-methyl/N-ethyl adjacent to an activating group) is 1. The van der Waals surface area contributed by atoms with Crippen LogP contribution < -0.4 is 45.3 Å². The number of amides is 3. The Morgan fingerprint density at radius 1 is 1.33 bits per heavy atom. The Balaban J connectivity index is 0.00000320. The summed E-state index contributed by atoms with van der Waals surface area (Å²) in [7, 11) is 1.46. The van der Waals surface area contributed by atoms with Gasteiger partial charge in [0, 0.05) is 48.9 Å². The van der Waals surface area contributed by atoms with Gasteiger partial charge in [-0.25, -0.2) is 9.78 Å². The number of carbonyl (C=O) groups excluding carboxylic acids is 4. The molecule has 11 heteroatoms. The van der Waals surface area contributed by atoms with E-state index in [9.17, 15) is 24.3 Å². The van der Waals surface area contributed by atoms with Crippen LogP contribution in [0.25, 0.3) is 10.6 Å². The average Bonchev–Trinajstić information content (AvgIpc) is 3.22. The first kappa shape index (κ1) is 23.7. The second-order valence-electron chi connectivity index (χ2n) is 6.31. The third-order valence-electron chi connectivity index (χ3n) is 4.26. The van der Waals surface area contributed by atoms with E-state index in [1.807, 2.05) is 11.4 Å². The van der Waals surface area contributed by atoms with Crippen molar-refractivity contribution in [3.63, 3.8) is 0 Å². The van der Waals surface area contributed by atoms with Crippen molar-refractivity contribution in [2.45, 2.75) is 18.5 Å². The summed E-state index contributed by atoms with van der Waals surface area (Å²) in [6.07, 6.45) is 3.66. The molecule has 0 fully saturated rings. The van der Waals surface area contributed by atoms with Crippen LogP contribution in [0.5, 0.6) is 0 Å². The normalized spacial score (nSPS) is 16.6. The van der Waals surface area contributed by atoms with Crippen molar-refractivity contribution in [3.8, 4) is 10.6 Å². The summed E-state index contributed by atoms with van der Waals surface area (Å²) in [5, 5.41) is 18.6. The molecule has 2 atom stereocenters. The van der Waals surface area contributed by atoms with Crippen LogP contribution in [0.1, 0.15) is 18.0 Å². The Labute approximate surface area is 198 Å². The number of ketones is 1. The fourth-order valence-corrected chi connectivity index (χ4v) is 3.45. The van der Waals surface area contributed by atoms with Gasteiger partial charge in [-0.3, -0.25) is 9.59 Å². The van der Waals surface area contributed by atoms with Gasteiger partial charge >= 0.3 is 35.6 Å². The van der Waals surface area contributed by atoms with E-state index in [-0.39, 0.29) is 29.6 Å². The molecule has 2 N–H and O–H groups in total. The van der Waals surface area contributed by atoms with Crippen LogP contribution in [-0.4, -0.2) is 46.7 Å². The van der Waals surface area contributed by atoms with Gasteiger partial charge in [0.2, 0.25) is 0 Å². The molecule has 150 valence electrons. The molecular weight excluding hydrogens is 419 g/mol. The number of benzene rings is 1. The third-order valence-corrected chi connectivity index (χ3v) is 5.08. The topological polar surface area (TPSA) is 132 Å². The number of carbonyl (C=O) groups is 4. The maximum Gasteiger partial charge on any atom is 1.00 e. The molecule has 0 bridgehead atoms. The number of hydrogen-bond donors (Lipinski definition) is 2. The van der Waals surface area contributed by atoms with Crippen molar-refractivity contribution < 1.29 is 53.8 Å². The van der Waals surface area contributed by atoms with Crippen molar-refractivity contribution in [1.82, 2.24) is 20.5 Å². The summed E-state index contributed by atoms with van der Waals surface area (Å²) in [4.78, 5) is 53.0. The number of carboxylic acids is 1. The van der Waals surface area contributed by atoms with Gasteiger partial charge in [0.05, 0.1) is 6.04 Å². The standard InChI is InChI=1S/C19H18N4O5S.Na/c1-23-7-5-14(24)16(18(23)27)22-19(28)21-13(10-15(25)26)11-3-2-4-12(9-11)17-20-6-8-29-17;/h2-9,13,16H,10H2,1H3,(H,25,26)(H2,21,22,28);/q;+1/p-1/t13-,16?;/m0./s1. The number of aromatic nitrogens is 1. The van der Waals surface area contributed by atoms with Crippen LogP contribution in [0, 0.1) is 0 Å². The van der Waals surface area contributed by atoms with Gasteiger partial charge in [-0.15, -0.1) is 11.3 Å². The maximum atomic E-state index is 12.4. The molecule has 0 saturated carbocycles. The molecule has 1 aliphatic rings. The molecule has 2 aromatic rings. The summed E-state index contributed by atoms with van der Waals surface area (Å²) in [5.41, 5.74) is 1.29. The van der Waals surface area contributed by atoms with Crippen LogP contribution in [0.4, 0.5) is 4.79 Å². The molecule has 2 heterocycles. The smallest absolute Gasteiger partial charge is 0.550 e. The number of rotatable bonds is 6. The molecule has 0 radical (unpaired) electrons. The zero-order chi connectivity index (χ0) is 21.0. The minimum atomic E-state index is -1.37. The SMILES string of the molecule is CN1C=CC(=O)C(NC(=O)N[C@@H](CC(=O)[O-])c2cccc(-c3nccs3)c2)C1=O.[Na+]. The quantitative estimate of drug-likeness (QED) is 0.372. The second kappa shape index (κ2) is 10.5. The van der Waals surface area contributed by atoms with Gasteiger partial charge in [-0.2, -0.15) is 0 Å². The van der Waals surface area contributed by atoms with Crippen molar-refractivity contribution in [3.05, 3.63) is 53.7 Å². The fraction of sp³-hybridized carbons (Fsp3) is 0.211. The summed E-state index contributed by atoms with van der Waals surface area (Å²) < 4.78 is 0. The van der Waals surface area contributed by atoms with Crippen molar-refractivity contribution in [2.75, 3.05) is 7.05 Å². The Hall–Kier alpha value is -2.53. The Morgan fingerprint density at radius 2 is 2.10 bits per heavy atom. The minimum Gasteiger partial charge on any atom is -0.550 e. The molecule has 1 aliphatic heterocycles. The summed E-state index contributed by atoms with van der Waals surface area (Å²) >= 11 is 1.42. The number of thiazole rings is 1. The van der Waals surface area contributed by atoms with E-state index in [0.717, 1.165) is 10.6 Å². The van der Waals surface area contributed by atoms with E-state index in [1.54, 1.807) is 24.4 Å². The fourth-order valence-electron chi connectivity index (χ4n) is 2.82. The van der Waals surface area contributed by atoms with E-state index < -0.39 is 42.2 Å². The first-order valence-corrected chi connectivity index (χ1v) is 9.48. The molecule has 1 aromatic heterocycles. The average molecular weight is 436 g/mol. The zero-order valence-electron chi connectivity index (χ0n) is 16.3. The van der Waals surface area contributed by atoms with E-state index in [0.29, 0.717) is 5.56 Å². The van der Waals surface area contributed by atoms with Gasteiger partial charge in [0.25, 0.3) is 5.91 Å². The first-order valence-electron chi connectivity index (χ1n) is 8.60. The van der Waals surface area contributed by atoms with Crippen LogP contribution in [0.3, 0.4) is 0 Å². The number of nitrogens with one attached hydrogen (secondary N) is 2. The van der Waals surface area contributed by atoms with Gasteiger partial charge in [-0.1, -0.05) is 18.2 Å². The zero-order valence-corrected chi connectivity index (χ0v) is 19.1. The van der Waals surface area contributed by atoms with Crippen LogP contribution in [0.15, 0.2) is 48.1 Å². The van der Waals surface area contributed by atoms with E-state index in [2.05, 4.69) is 15.6 Å². The summed E-state index contributed by atoms with van der Waals surface area (Å²) in [6, 6.07) is 3.80. The molecule has 0 aliphatic carbocycles. The molecule has 0 spiro atoms. The third kappa shape index (κ3) is 5.76. The van der Waals surface area contributed by atoms with Gasteiger partial charge < -0.3 is 25.4 Å². The molecule has 1 aromatic carbocycles. The number of aliphatic carboxylic acids is 1. The number of nitrogens with zero attached hydrogens (tertiary/aromatic N) is 2. The number of hydrogen-bond acceptors (Lipinski definition) is 7. The van der Waals surface area contributed by atoms with Crippen LogP contribution in [-0.2, 0) is 14.4 Å². The van der Waals surface area contributed by atoms with Crippen molar-refractivity contribution >= 4 is 35.0 Å². The molecule has 3 rings (SSSR count).